The maximum atomic E-state index is 14.0. The van der Waals surface area contributed by atoms with Gasteiger partial charge >= 0.3 is 5.69 Å². The number of nitrogens with one attached hydrogen (secondary N) is 1. The Bertz CT molecular complexity index is 2430. The van der Waals surface area contributed by atoms with E-state index in [0.717, 1.165) is 85.0 Å². The number of unbranched alkanes of at least 4 members (excludes halogenated alkanes) is 2. The van der Waals surface area contributed by atoms with E-state index in [2.05, 4.69) is 29.6 Å². The maximum absolute atomic E-state index is 14.0. The average molecular weight is 907 g/mol. The summed E-state index contributed by atoms with van der Waals surface area (Å²) in [5.74, 6) is -1.68. The van der Waals surface area contributed by atoms with E-state index in [1.54, 1.807) is 16.5 Å². The molecule has 5 N–H and O–H groups in total. The van der Waals surface area contributed by atoms with Gasteiger partial charge in [0.15, 0.2) is 5.78 Å². The van der Waals surface area contributed by atoms with Gasteiger partial charge in [0, 0.05) is 59.2 Å². The van der Waals surface area contributed by atoms with E-state index in [9.17, 15) is 28.8 Å². The molecule has 1 aromatic heterocycles. The minimum Gasteiger partial charge on any atom is -0.381 e. The SMILES string of the molecule is C[C@@H](OCc1ccc(CCCOCCCCCOCCCc2ccc3c(c2)n(C)c(=O)n3C2CCC(=O)NC2=O)cc1)[C@H](CCC(N)=O)CC(=O)[C@@H]1Cc2cccc3c2N1C(=O)[C@@H](N)CC3. The number of piperidine rings is 1. The largest absolute Gasteiger partial charge is 0.381 e. The zero-order valence-electron chi connectivity index (χ0n) is 38.5. The number of fused-ring (bicyclic) bond motifs is 1. The average Bonchev–Trinajstić information content (AvgIpc) is 3.77. The number of rotatable bonds is 25. The van der Waals surface area contributed by atoms with E-state index in [0.29, 0.717) is 64.0 Å². The van der Waals surface area contributed by atoms with Crippen molar-refractivity contribution < 1.29 is 38.2 Å². The molecule has 3 aliphatic rings. The normalized spacial score (nSPS) is 19.2. The van der Waals surface area contributed by atoms with Gasteiger partial charge < -0.3 is 25.7 Å². The Kier molecular flexibility index (Phi) is 16.7. The van der Waals surface area contributed by atoms with Crippen molar-refractivity contribution in [3.8, 4) is 0 Å². The Morgan fingerprint density at radius 2 is 1.47 bits per heavy atom. The highest BCUT2D eigenvalue weighted by atomic mass is 16.5. The zero-order chi connectivity index (χ0) is 46.7. The molecule has 0 spiro atoms. The molecule has 0 radical (unpaired) electrons. The fraction of sp³-hybridized carbons (Fsp3) is 0.529. The molecule has 4 aromatic rings. The number of aryl methyl sites for hydroxylation is 4. The lowest BCUT2D eigenvalue weighted by Crippen LogP contribution is -2.50. The minimum atomic E-state index is -0.690. The van der Waals surface area contributed by atoms with Crippen molar-refractivity contribution in [2.24, 2.45) is 24.4 Å². The van der Waals surface area contributed by atoms with Crippen LogP contribution in [0.25, 0.3) is 11.0 Å². The predicted molar refractivity (Wildman–Crippen MR) is 251 cm³/mol. The molecule has 1 saturated heterocycles. The van der Waals surface area contributed by atoms with Gasteiger partial charge in [0.25, 0.3) is 0 Å². The third-order valence-electron chi connectivity index (χ3n) is 13.5. The minimum absolute atomic E-state index is 0.0560. The highest BCUT2D eigenvalue weighted by Crippen LogP contribution is 2.40. The zero-order valence-corrected chi connectivity index (χ0v) is 38.5. The number of ether oxygens (including phenoxy) is 3. The number of carbonyl (C=O) groups excluding carboxylic acids is 5. The number of hydrogen-bond acceptors (Lipinski definition) is 10. The number of aromatic nitrogens is 2. The fourth-order valence-corrected chi connectivity index (χ4v) is 9.64. The molecule has 5 atom stereocenters. The third kappa shape index (κ3) is 11.9. The van der Waals surface area contributed by atoms with E-state index >= 15 is 0 Å². The Balaban J connectivity index is 0.745. The lowest BCUT2D eigenvalue weighted by molar-refractivity contribution is -0.135. The van der Waals surface area contributed by atoms with E-state index in [4.69, 9.17) is 25.7 Å². The molecule has 354 valence electrons. The number of primary amides is 1. The van der Waals surface area contributed by atoms with Gasteiger partial charge in [-0.05, 0) is 123 Å². The predicted octanol–water partition coefficient (Wildman–Crippen LogP) is 5.06. The van der Waals surface area contributed by atoms with Gasteiger partial charge in [-0.2, -0.15) is 0 Å². The van der Waals surface area contributed by atoms with Gasteiger partial charge in [0.05, 0.1) is 41.5 Å². The fourth-order valence-electron chi connectivity index (χ4n) is 9.64. The summed E-state index contributed by atoms with van der Waals surface area (Å²) < 4.78 is 21.2. The standard InChI is InChI=1S/C51H66N6O9/c1-33(38(19-23-46(53)59)31-45(58)44-30-39-12-6-11-37-18-20-40(52)50(62)57(44)48(37)39)66-32-36-15-13-34(14-16-36)9-7-27-64-25-4-3-5-26-65-28-8-10-35-17-21-41-43(29-35)55(2)51(63)56(41)42-22-24-47(60)54-49(42)61/h6,11-17,21,29,33,38,40,42,44H,3-5,7-10,18-20,22-28,30-32,52H2,1-2H3,(H2,53,59)(H,54,60,61)/t33-,38-,40+,42?,44+/m1/s1. The second-order valence-corrected chi connectivity index (χ2v) is 18.3. The van der Waals surface area contributed by atoms with Crippen LogP contribution in [0.1, 0.15) is 111 Å². The molecule has 7 rings (SSSR count). The number of Topliss-reactive ketones (excluding diaryl/α,β-unsaturated/α-hetero) is 1. The summed E-state index contributed by atoms with van der Waals surface area (Å²) in [4.78, 5) is 77.9. The van der Waals surface area contributed by atoms with E-state index < -0.39 is 29.9 Å². The van der Waals surface area contributed by atoms with Crippen LogP contribution in [-0.2, 0) is 77.5 Å². The first kappa shape index (κ1) is 48.5. The van der Waals surface area contributed by atoms with Crippen LogP contribution in [0.4, 0.5) is 5.69 Å². The molecular formula is C51H66N6O9. The number of nitrogens with zero attached hydrogens (tertiary/aromatic N) is 3. The van der Waals surface area contributed by atoms with Gasteiger partial charge in [-0.3, -0.25) is 43.3 Å². The number of para-hydroxylation sites is 1. The van der Waals surface area contributed by atoms with E-state index in [1.807, 2.05) is 43.3 Å². The van der Waals surface area contributed by atoms with Crippen LogP contribution in [0.15, 0.2) is 65.5 Å². The molecule has 1 fully saturated rings. The number of imidazole rings is 1. The van der Waals surface area contributed by atoms with Crippen LogP contribution in [0, 0.1) is 5.92 Å². The lowest BCUT2D eigenvalue weighted by Gasteiger charge is -2.29. The third-order valence-corrected chi connectivity index (χ3v) is 13.5. The Hall–Kier alpha value is -5.48. The number of nitrogens with two attached hydrogens (primary N) is 2. The molecule has 15 nitrogen and oxygen atoms in total. The van der Waals surface area contributed by atoms with Crippen LogP contribution in [-0.4, -0.2) is 83.2 Å². The number of carbonyl (C=O) groups is 5. The molecule has 3 aromatic carbocycles. The number of hydrogen-bond donors (Lipinski definition) is 3. The lowest BCUT2D eigenvalue weighted by atomic mass is 9.89. The first-order chi connectivity index (χ1) is 31.9. The first-order valence-corrected chi connectivity index (χ1v) is 23.8. The monoisotopic (exact) mass is 906 g/mol. The van der Waals surface area contributed by atoms with Crippen molar-refractivity contribution in [3.05, 3.63) is 99.0 Å². The summed E-state index contributed by atoms with van der Waals surface area (Å²) in [5, 5.41) is 2.35. The van der Waals surface area contributed by atoms with Crippen molar-refractivity contribution in [2.45, 2.75) is 134 Å². The van der Waals surface area contributed by atoms with Gasteiger partial charge in [-0.1, -0.05) is 48.5 Å². The number of imide groups is 1. The van der Waals surface area contributed by atoms with Crippen molar-refractivity contribution >= 4 is 46.1 Å². The highest BCUT2D eigenvalue weighted by Gasteiger charge is 2.43. The van der Waals surface area contributed by atoms with Gasteiger partial charge in [-0.15, -0.1) is 0 Å². The smallest absolute Gasteiger partial charge is 0.329 e. The topological polar surface area (TPSA) is 207 Å². The molecule has 3 aliphatic heterocycles. The Morgan fingerprint density at radius 1 is 0.803 bits per heavy atom. The second-order valence-electron chi connectivity index (χ2n) is 18.3. The molecule has 66 heavy (non-hydrogen) atoms. The van der Waals surface area contributed by atoms with Crippen LogP contribution in [0.5, 0.6) is 0 Å². The van der Waals surface area contributed by atoms with E-state index in [1.165, 1.54) is 10.1 Å². The summed E-state index contributed by atoms with van der Waals surface area (Å²) in [5.41, 5.74) is 19.2. The second kappa shape index (κ2) is 22.8. The summed E-state index contributed by atoms with van der Waals surface area (Å²) in [6, 6.07) is 18.2. The van der Waals surface area contributed by atoms with Crippen molar-refractivity contribution in [1.29, 1.82) is 0 Å². The molecule has 15 heteroatoms. The number of amides is 4. The molecule has 0 aliphatic carbocycles. The van der Waals surface area contributed by atoms with Gasteiger partial charge in [0.1, 0.15) is 6.04 Å². The van der Waals surface area contributed by atoms with Crippen LogP contribution in [0.3, 0.4) is 0 Å². The van der Waals surface area contributed by atoms with Crippen LogP contribution in [0.2, 0.25) is 0 Å². The Labute approximate surface area is 386 Å². The molecule has 0 bridgehead atoms. The summed E-state index contributed by atoms with van der Waals surface area (Å²) in [7, 11) is 1.71. The first-order valence-electron chi connectivity index (χ1n) is 23.8. The van der Waals surface area contributed by atoms with Gasteiger partial charge in [-0.25, -0.2) is 4.79 Å². The van der Waals surface area contributed by atoms with Crippen molar-refractivity contribution in [2.75, 3.05) is 31.3 Å². The van der Waals surface area contributed by atoms with E-state index in [-0.39, 0.29) is 54.6 Å². The molecule has 1 unspecified atom stereocenters. The number of anilines is 1. The summed E-state index contributed by atoms with van der Waals surface area (Å²) in [6.07, 6.45) is 9.10. The number of benzene rings is 3. The molecule has 4 amide bonds. The Morgan fingerprint density at radius 3 is 2.18 bits per heavy atom. The highest BCUT2D eigenvalue weighted by molar-refractivity contribution is 6.07. The van der Waals surface area contributed by atoms with Crippen molar-refractivity contribution in [3.63, 3.8) is 0 Å². The van der Waals surface area contributed by atoms with Crippen LogP contribution >= 0.6 is 0 Å². The van der Waals surface area contributed by atoms with Crippen molar-refractivity contribution in [1.82, 2.24) is 14.5 Å². The van der Waals surface area contributed by atoms with Gasteiger partial charge in [0.2, 0.25) is 23.6 Å². The molecule has 0 saturated carbocycles. The number of ketones is 1. The summed E-state index contributed by atoms with van der Waals surface area (Å²) >= 11 is 0. The summed E-state index contributed by atoms with van der Waals surface area (Å²) in [6.45, 7) is 5.06. The maximum Gasteiger partial charge on any atom is 0.329 e. The van der Waals surface area contributed by atoms with Crippen LogP contribution < -0.4 is 27.4 Å². The quantitative estimate of drug-likeness (QED) is 0.0595. The molecular weight excluding hydrogens is 841 g/mol. The molecule has 4 heterocycles.